The Labute approximate surface area is 120 Å². The van der Waals surface area contributed by atoms with E-state index in [-0.39, 0.29) is 11.6 Å². The van der Waals surface area contributed by atoms with Crippen molar-refractivity contribution in [3.63, 3.8) is 0 Å². The number of rotatable bonds is 4. The van der Waals surface area contributed by atoms with Gasteiger partial charge >= 0.3 is 0 Å². The molecule has 0 saturated carbocycles. The third-order valence-corrected chi connectivity index (χ3v) is 3.54. The van der Waals surface area contributed by atoms with Crippen LogP contribution in [-0.2, 0) is 0 Å². The Morgan fingerprint density at radius 2 is 2.16 bits per heavy atom. The number of nitrogens with two attached hydrogens (primary N) is 1. The van der Waals surface area contributed by atoms with Crippen LogP contribution in [-0.4, -0.2) is 36.2 Å². The zero-order valence-corrected chi connectivity index (χ0v) is 12.5. The second-order valence-electron chi connectivity index (χ2n) is 6.04. The number of piperidine rings is 1. The fraction of sp³-hybridized carbons (Fsp3) is 0.600. The van der Waals surface area contributed by atoms with Gasteiger partial charge in [-0.05, 0) is 45.4 Å². The Kier molecular flexibility index (Phi) is 4.71. The van der Waals surface area contributed by atoms with Crippen molar-refractivity contribution < 1.29 is 4.74 Å². The van der Waals surface area contributed by atoms with Crippen LogP contribution in [0.4, 0.5) is 0 Å². The molecule has 1 aromatic carbocycles. The predicted molar refractivity (Wildman–Crippen MR) is 79.8 cm³/mol. The first-order valence-corrected chi connectivity index (χ1v) is 7.24. The lowest BCUT2D eigenvalue weighted by Crippen LogP contribution is -2.50. The topological polar surface area (TPSA) is 38.5 Å². The van der Waals surface area contributed by atoms with Gasteiger partial charge < -0.3 is 10.5 Å². The van der Waals surface area contributed by atoms with Crippen LogP contribution >= 0.6 is 11.6 Å². The van der Waals surface area contributed by atoms with Gasteiger partial charge in [-0.25, -0.2) is 0 Å². The Bertz CT molecular complexity index is 417. The van der Waals surface area contributed by atoms with E-state index >= 15 is 0 Å². The molecular weight excluding hydrogens is 260 g/mol. The van der Waals surface area contributed by atoms with Gasteiger partial charge in [0.05, 0.1) is 5.02 Å². The molecule has 0 aromatic heterocycles. The second-order valence-corrected chi connectivity index (χ2v) is 6.44. The van der Waals surface area contributed by atoms with Crippen LogP contribution in [0.1, 0.15) is 26.7 Å². The SMILES string of the molecule is CC(C)(N)CN1CCCC(Oc2ccccc2Cl)C1. The minimum Gasteiger partial charge on any atom is -0.488 e. The van der Waals surface area contributed by atoms with E-state index in [0.29, 0.717) is 5.02 Å². The molecule has 1 saturated heterocycles. The van der Waals surface area contributed by atoms with Crippen molar-refractivity contribution in [2.75, 3.05) is 19.6 Å². The molecule has 1 atom stereocenters. The average molecular weight is 283 g/mol. The molecule has 1 aliphatic heterocycles. The van der Waals surface area contributed by atoms with E-state index in [4.69, 9.17) is 22.1 Å². The average Bonchev–Trinajstić information content (AvgIpc) is 2.30. The molecule has 2 rings (SSSR count). The predicted octanol–water partition coefficient (Wildman–Crippen LogP) is 2.92. The summed E-state index contributed by atoms with van der Waals surface area (Å²) in [5.41, 5.74) is 5.92. The first-order chi connectivity index (χ1) is 8.94. The van der Waals surface area contributed by atoms with Gasteiger partial charge in [-0.1, -0.05) is 23.7 Å². The van der Waals surface area contributed by atoms with Crippen LogP contribution in [0.5, 0.6) is 5.75 Å². The van der Waals surface area contributed by atoms with Gasteiger partial charge in [0.1, 0.15) is 11.9 Å². The van der Waals surface area contributed by atoms with E-state index in [0.717, 1.165) is 38.2 Å². The largest absolute Gasteiger partial charge is 0.488 e. The molecule has 1 aromatic rings. The number of hydrogen-bond acceptors (Lipinski definition) is 3. The van der Waals surface area contributed by atoms with Gasteiger partial charge in [-0.15, -0.1) is 0 Å². The van der Waals surface area contributed by atoms with E-state index in [1.54, 1.807) is 0 Å². The van der Waals surface area contributed by atoms with Gasteiger partial charge in [0.15, 0.2) is 0 Å². The molecular formula is C15H23ClN2O. The number of benzene rings is 1. The molecule has 0 bridgehead atoms. The van der Waals surface area contributed by atoms with Gasteiger partial charge in [0.2, 0.25) is 0 Å². The fourth-order valence-corrected chi connectivity index (χ4v) is 2.73. The normalized spacial score (nSPS) is 21.4. The highest BCUT2D eigenvalue weighted by Crippen LogP contribution is 2.26. The first kappa shape index (κ1) is 14.6. The van der Waals surface area contributed by atoms with Crippen LogP contribution in [0, 0.1) is 0 Å². The van der Waals surface area contributed by atoms with Gasteiger partial charge in [0.25, 0.3) is 0 Å². The Hall–Kier alpha value is -0.770. The molecule has 0 spiro atoms. The number of likely N-dealkylation sites (tertiary alicyclic amines) is 1. The molecule has 0 aliphatic carbocycles. The monoisotopic (exact) mass is 282 g/mol. The Morgan fingerprint density at radius 1 is 1.42 bits per heavy atom. The van der Waals surface area contributed by atoms with Gasteiger partial charge in [0, 0.05) is 18.6 Å². The molecule has 1 heterocycles. The molecule has 1 aliphatic rings. The molecule has 0 amide bonds. The highest BCUT2D eigenvalue weighted by Gasteiger charge is 2.25. The van der Waals surface area contributed by atoms with Crippen molar-refractivity contribution in [3.8, 4) is 5.75 Å². The fourth-order valence-electron chi connectivity index (χ4n) is 2.55. The minimum absolute atomic E-state index is 0.160. The molecule has 2 N–H and O–H groups in total. The van der Waals surface area contributed by atoms with Crippen molar-refractivity contribution >= 4 is 11.6 Å². The van der Waals surface area contributed by atoms with Crippen molar-refractivity contribution in [2.24, 2.45) is 5.73 Å². The van der Waals surface area contributed by atoms with Crippen LogP contribution in [0.3, 0.4) is 0 Å². The number of para-hydroxylation sites is 1. The lowest BCUT2D eigenvalue weighted by Gasteiger charge is -2.36. The molecule has 3 nitrogen and oxygen atoms in total. The van der Waals surface area contributed by atoms with Crippen LogP contribution in [0.15, 0.2) is 24.3 Å². The van der Waals surface area contributed by atoms with E-state index in [1.807, 2.05) is 24.3 Å². The van der Waals surface area contributed by atoms with E-state index in [1.165, 1.54) is 0 Å². The first-order valence-electron chi connectivity index (χ1n) is 6.86. The standard InChI is InChI=1S/C15H23ClN2O/c1-15(2,17)11-18-9-5-6-12(10-18)19-14-8-4-3-7-13(14)16/h3-4,7-8,12H,5-6,9-11,17H2,1-2H3. The van der Waals surface area contributed by atoms with Crippen molar-refractivity contribution in [1.29, 1.82) is 0 Å². The summed E-state index contributed by atoms with van der Waals surface area (Å²) in [5.74, 6) is 0.781. The number of ether oxygens (including phenoxy) is 1. The van der Waals surface area contributed by atoms with Crippen LogP contribution < -0.4 is 10.5 Å². The third-order valence-electron chi connectivity index (χ3n) is 3.22. The Balaban J connectivity index is 1.93. The smallest absolute Gasteiger partial charge is 0.138 e. The zero-order valence-electron chi connectivity index (χ0n) is 11.7. The molecule has 19 heavy (non-hydrogen) atoms. The summed E-state index contributed by atoms with van der Waals surface area (Å²) >= 11 is 6.13. The summed E-state index contributed by atoms with van der Waals surface area (Å²) in [6, 6.07) is 7.65. The highest BCUT2D eigenvalue weighted by molar-refractivity contribution is 6.32. The number of halogens is 1. The quantitative estimate of drug-likeness (QED) is 0.923. The lowest BCUT2D eigenvalue weighted by molar-refractivity contribution is 0.0779. The van der Waals surface area contributed by atoms with Crippen molar-refractivity contribution in [2.45, 2.75) is 38.3 Å². The van der Waals surface area contributed by atoms with Gasteiger partial charge in [-0.2, -0.15) is 0 Å². The Morgan fingerprint density at radius 3 is 2.84 bits per heavy atom. The summed E-state index contributed by atoms with van der Waals surface area (Å²) in [5, 5.41) is 0.679. The lowest BCUT2D eigenvalue weighted by atomic mass is 10.0. The van der Waals surface area contributed by atoms with Gasteiger partial charge in [-0.3, -0.25) is 4.90 Å². The molecule has 0 radical (unpaired) electrons. The zero-order chi connectivity index (χ0) is 13.9. The highest BCUT2D eigenvalue weighted by atomic mass is 35.5. The summed E-state index contributed by atoms with van der Waals surface area (Å²) < 4.78 is 6.02. The minimum atomic E-state index is -0.160. The molecule has 106 valence electrons. The molecule has 1 fully saturated rings. The summed E-state index contributed by atoms with van der Waals surface area (Å²) in [6.45, 7) is 7.04. The molecule has 4 heteroatoms. The maximum Gasteiger partial charge on any atom is 0.138 e. The summed E-state index contributed by atoms with van der Waals surface area (Å²) in [7, 11) is 0. The third kappa shape index (κ3) is 4.68. The number of hydrogen-bond donors (Lipinski definition) is 1. The van der Waals surface area contributed by atoms with Crippen LogP contribution in [0.2, 0.25) is 5.02 Å². The van der Waals surface area contributed by atoms with E-state index in [9.17, 15) is 0 Å². The summed E-state index contributed by atoms with van der Waals surface area (Å²) in [4.78, 5) is 2.38. The van der Waals surface area contributed by atoms with Crippen molar-refractivity contribution in [1.82, 2.24) is 4.90 Å². The number of nitrogens with zero attached hydrogens (tertiary/aromatic N) is 1. The van der Waals surface area contributed by atoms with E-state index < -0.39 is 0 Å². The maximum atomic E-state index is 6.13. The summed E-state index contributed by atoms with van der Waals surface area (Å²) in [6.07, 6.45) is 2.42. The van der Waals surface area contributed by atoms with Crippen molar-refractivity contribution in [3.05, 3.63) is 29.3 Å². The maximum absolute atomic E-state index is 6.13. The van der Waals surface area contributed by atoms with E-state index in [2.05, 4.69) is 18.7 Å². The van der Waals surface area contributed by atoms with Crippen LogP contribution in [0.25, 0.3) is 0 Å². The molecule has 1 unspecified atom stereocenters. The second kappa shape index (κ2) is 6.12.